The van der Waals surface area contributed by atoms with Gasteiger partial charge in [-0.1, -0.05) is 6.07 Å². The fraction of sp³-hybridized carbons (Fsp3) is 0.143. The molecule has 0 atom stereocenters. The highest BCUT2D eigenvalue weighted by atomic mass is 19.2. The largest absolute Gasteiger partial charge is 0.454 e. The number of anilines is 1. The van der Waals surface area contributed by atoms with Gasteiger partial charge in [-0.15, -0.1) is 0 Å². The van der Waals surface area contributed by atoms with Crippen LogP contribution in [-0.4, -0.2) is 6.79 Å². The summed E-state index contributed by atoms with van der Waals surface area (Å²) in [5.74, 6) is -1.90. The summed E-state index contributed by atoms with van der Waals surface area (Å²) < 4.78 is 49.7. The molecule has 0 unspecified atom stereocenters. The maximum absolute atomic E-state index is 13.4. The second-order valence-corrected chi connectivity index (χ2v) is 4.29. The van der Waals surface area contributed by atoms with Gasteiger partial charge in [0.15, 0.2) is 23.1 Å². The molecule has 0 saturated heterocycles. The van der Waals surface area contributed by atoms with Gasteiger partial charge in [-0.2, -0.15) is 0 Å². The molecule has 3 rings (SSSR count). The second kappa shape index (κ2) is 4.96. The number of ether oxygens (including phenoxy) is 2. The Balaban J connectivity index is 1.75. The summed E-state index contributed by atoms with van der Waals surface area (Å²) in [7, 11) is 0. The van der Waals surface area contributed by atoms with Crippen molar-refractivity contribution in [2.45, 2.75) is 6.54 Å². The summed E-state index contributed by atoms with van der Waals surface area (Å²) in [6.45, 7) is 0.419. The molecule has 6 heteroatoms. The van der Waals surface area contributed by atoms with Gasteiger partial charge in [0.2, 0.25) is 6.79 Å². The maximum atomic E-state index is 13.4. The quantitative estimate of drug-likeness (QED) is 0.874. The van der Waals surface area contributed by atoms with E-state index in [1.165, 1.54) is 0 Å². The molecule has 0 amide bonds. The lowest BCUT2D eigenvalue weighted by Crippen LogP contribution is -2.03. The molecule has 0 spiro atoms. The average Bonchev–Trinajstić information content (AvgIpc) is 2.89. The van der Waals surface area contributed by atoms with E-state index in [0.717, 1.165) is 11.6 Å². The lowest BCUT2D eigenvalue weighted by atomic mass is 10.2. The van der Waals surface area contributed by atoms with Crippen LogP contribution in [0.3, 0.4) is 0 Å². The van der Waals surface area contributed by atoms with Gasteiger partial charge in [-0.05, 0) is 17.7 Å². The van der Waals surface area contributed by atoms with Crippen LogP contribution in [0.4, 0.5) is 18.9 Å². The lowest BCUT2D eigenvalue weighted by Gasteiger charge is -2.09. The van der Waals surface area contributed by atoms with E-state index in [9.17, 15) is 13.2 Å². The van der Waals surface area contributed by atoms with Gasteiger partial charge >= 0.3 is 0 Å². The molecule has 3 nitrogen and oxygen atoms in total. The minimum atomic E-state index is -1.21. The Kier molecular flexibility index (Phi) is 3.14. The van der Waals surface area contributed by atoms with Crippen molar-refractivity contribution in [3.63, 3.8) is 0 Å². The molecule has 2 aromatic rings. The molecule has 0 aromatic heterocycles. The molecule has 0 aliphatic carbocycles. The van der Waals surface area contributed by atoms with Crippen LogP contribution in [0, 0.1) is 17.5 Å². The van der Waals surface area contributed by atoms with E-state index in [1.807, 2.05) is 0 Å². The Morgan fingerprint density at radius 3 is 2.50 bits per heavy atom. The zero-order chi connectivity index (χ0) is 14.1. The van der Waals surface area contributed by atoms with Crippen molar-refractivity contribution in [2.75, 3.05) is 12.1 Å². The van der Waals surface area contributed by atoms with E-state index in [4.69, 9.17) is 9.47 Å². The SMILES string of the molecule is Fc1cc(F)c(NCc2ccc3c(c2)OCO3)cc1F. The van der Waals surface area contributed by atoms with Gasteiger partial charge in [-0.3, -0.25) is 0 Å². The average molecular weight is 281 g/mol. The van der Waals surface area contributed by atoms with Gasteiger partial charge in [0.1, 0.15) is 5.82 Å². The van der Waals surface area contributed by atoms with E-state index in [1.54, 1.807) is 18.2 Å². The standard InChI is InChI=1S/C14H10F3NO2/c15-9-4-11(17)12(5-10(9)16)18-6-8-1-2-13-14(3-8)20-7-19-13/h1-5,18H,6-7H2. The van der Waals surface area contributed by atoms with E-state index in [-0.39, 0.29) is 19.0 Å². The topological polar surface area (TPSA) is 30.5 Å². The number of halogens is 3. The molecule has 1 heterocycles. The first kappa shape index (κ1) is 12.7. The zero-order valence-electron chi connectivity index (χ0n) is 10.3. The third-order valence-electron chi connectivity index (χ3n) is 2.93. The predicted octanol–water partition coefficient (Wildman–Crippen LogP) is 3.44. The Labute approximate surface area is 112 Å². The smallest absolute Gasteiger partial charge is 0.231 e. The number of rotatable bonds is 3. The minimum absolute atomic E-state index is 0.0958. The molecule has 0 fully saturated rings. The van der Waals surface area contributed by atoms with Crippen molar-refractivity contribution in [1.82, 2.24) is 0 Å². The van der Waals surface area contributed by atoms with E-state index >= 15 is 0 Å². The van der Waals surface area contributed by atoms with Crippen LogP contribution in [0.1, 0.15) is 5.56 Å². The number of benzene rings is 2. The third kappa shape index (κ3) is 2.36. The summed E-state index contributed by atoms with van der Waals surface area (Å²) in [6, 6.07) is 6.56. The molecule has 2 aromatic carbocycles. The first-order valence-corrected chi connectivity index (χ1v) is 5.90. The molecule has 0 radical (unpaired) electrons. The molecule has 1 aliphatic heterocycles. The first-order chi connectivity index (χ1) is 9.63. The van der Waals surface area contributed by atoms with Crippen molar-refractivity contribution >= 4 is 5.69 Å². The highest BCUT2D eigenvalue weighted by molar-refractivity contribution is 5.48. The van der Waals surface area contributed by atoms with Crippen molar-refractivity contribution in [3.8, 4) is 11.5 Å². The van der Waals surface area contributed by atoms with Crippen molar-refractivity contribution in [1.29, 1.82) is 0 Å². The zero-order valence-corrected chi connectivity index (χ0v) is 10.3. The number of hydrogen-bond donors (Lipinski definition) is 1. The molecule has 1 aliphatic rings. The van der Waals surface area contributed by atoms with Crippen LogP contribution in [0.15, 0.2) is 30.3 Å². The molecule has 20 heavy (non-hydrogen) atoms. The van der Waals surface area contributed by atoms with E-state index < -0.39 is 17.5 Å². The predicted molar refractivity (Wildman–Crippen MR) is 66.2 cm³/mol. The van der Waals surface area contributed by atoms with Gasteiger partial charge in [0.05, 0.1) is 5.69 Å². The second-order valence-electron chi connectivity index (χ2n) is 4.29. The van der Waals surface area contributed by atoms with Crippen LogP contribution in [0.25, 0.3) is 0 Å². The van der Waals surface area contributed by atoms with E-state index in [2.05, 4.69) is 5.32 Å². The monoisotopic (exact) mass is 281 g/mol. The minimum Gasteiger partial charge on any atom is -0.454 e. The summed E-state index contributed by atoms with van der Waals surface area (Å²) >= 11 is 0. The fourth-order valence-electron chi connectivity index (χ4n) is 1.91. The summed E-state index contributed by atoms with van der Waals surface area (Å²) in [4.78, 5) is 0. The maximum Gasteiger partial charge on any atom is 0.231 e. The van der Waals surface area contributed by atoms with Gasteiger partial charge in [-0.25, -0.2) is 13.2 Å². The molecule has 1 N–H and O–H groups in total. The Morgan fingerprint density at radius 2 is 1.65 bits per heavy atom. The van der Waals surface area contributed by atoms with Gasteiger partial charge in [0.25, 0.3) is 0 Å². The van der Waals surface area contributed by atoms with Gasteiger partial charge < -0.3 is 14.8 Å². The molecule has 104 valence electrons. The summed E-state index contributed by atoms with van der Waals surface area (Å²) in [5.41, 5.74) is 0.708. The van der Waals surface area contributed by atoms with Crippen molar-refractivity contribution < 1.29 is 22.6 Å². The van der Waals surface area contributed by atoms with Crippen molar-refractivity contribution in [3.05, 3.63) is 53.3 Å². The highest BCUT2D eigenvalue weighted by Crippen LogP contribution is 2.32. The number of nitrogens with one attached hydrogen (secondary N) is 1. The Bertz CT molecular complexity index is 661. The van der Waals surface area contributed by atoms with Crippen LogP contribution >= 0.6 is 0 Å². The highest BCUT2D eigenvalue weighted by Gasteiger charge is 2.14. The van der Waals surface area contributed by atoms with Crippen LogP contribution < -0.4 is 14.8 Å². The number of hydrogen-bond acceptors (Lipinski definition) is 3. The van der Waals surface area contributed by atoms with Crippen molar-refractivity contribution in [2.24, 2.45) is 0 Å². The Morgan fingerprint density at radius 1 is 0.900 bits per heavy atom. The van der Waals surface area contributed by atoms with Gasteiger partial charge in [0, 0.05) is 18.7 Å². The lowest BCUT2D eigenvalue weighted by molar-refractivity contribution is 0.174. The fourth-order valence-corrected chi connectivity index (χ4v) is 1.91. The molecule has 0 saturated carbocycles. The first-order valence-electron chi connectivity index (χ1n) is 5.90. The van der Waals surface area contributed by atoms with Crippen LogP contribution in [0.5, 0.6) is 11.5 Å². The summed E-state index contributed by atoms with van der Waals surface area (Å²) in [6.07, 6.45) is 0. The Hall–Kier alpha value is -2.37. The third-order valence-corrected chi connectivity index (χ3v) is 2.93. The summed E-state index contributed by atoms with van der Waals surface area (Å²) in [5, 5.41) is 2.71. The normalized spacial score (nSPS) is 12.6. The van der Waals surface area contributed by atoms with Crippen LogP contribution in [0.2, 0.25) is 0 Å². The van der Waals surface area contributed by atoms with Crippen LogP contribution in [-0.2, 0) is 6.54 Å². The molecule has 0 bridgehead atoms. The molecular weight excluding hydrogens is 271 g/mol. The molecular formula is C14H10F3NO2. The van der Waals surface area contributed by atoms with E-state index in [0.29, 0.717) is 17.6 Å². The number of fused-ring (bicyclic) bond motifs is 1.